The Kier molecular flexibility index (Phi) is 1.24. The third-order valence-electron chi connectivity index (χ3n) is 2.06. The van der Waals surface area contributed by atoms with Gasteiger partial charge in [-0.3, -0.25) is 4.79 Å². The lowest BCUT2D eigenvalue weighted by Gasteiger charge is -2.12. The van der Waals surface area contributed by atoms with Crippen molar-refractivity contribution in [3.63, 3.8) is 0 Å². The van der Waals surface area contributed by atoms with Crippen molar-refractivity contribution >= 4 is 5.97 Å². The summed E-state index contributed by atoms with van der Waals surface area (Å²) in [6, 6.07) is -0.655. The predicted molar refractivity (Wildman–Crippen MR) is 33.0 cm³/mol. The fourth-order valence-corrected chi connectivity index (χ4v) is 0.806. The Bertz CT molecular complexity index is 140. The number of nitrogens with two attached hydrogens (primary N) is 1. The molecule has 1 atom stereocenters. The van der Waals surface area contributed by atoms with E-state index in [1.54, 1.807) is 0 Å². The van der Waals surface area contributed by atoms with Gasteiger partial charge in [-0.15, -0.1) is 0 Å². The lowest BCUT2D eigenvalue weighted by Crippen LogP contribution is -2.37. The van der Waals surface area contributed by atoms with E-state index in [0.717, 1.165) is 12.8 Å². The molecule has 0 aliphatic heterocycles. The molecule has 0 amide bonds. The Balaban J connectivity index is 2.52. The summed E-state index contributed by atoms with van der Waals surface area (Å²) in [4.78, 5) is 10.3. The molecule has 1 aliphatic rings. The Hall–Kier alpha value is -0.570. The van der Waals surface area contributed by atoms with Crippen molar-refractivity contribution in [2.45, 2.75) is 25.8 Å². The molecule has 52 valence electrons. The van der Waals surface area contributed by atoms with Crippen LogP contribution in [0.5, 0.6) is 0 Å². The van der Waals surface area contributed by atoms with E-state index >= 15 is 0 Å². The van der Waals surface area contributed by atoms with Crippen LogP contribution in [0.2, 0.25) is 0 Å². The van der Waals surface area contributed by atoms with Crippen LogP contribution in [0.4, 0.5) is 0 Å². The molecule has 3 N–H and O–H groups in total. The standard InChI is InChI=1S/C6H11NO2/c1-6(2-3-6)4(7)5(8)9/h4H,2-3,7H2,1H3,(H,8,9). The number of aliphatic carboxylic acids is 1. The van der Waals surface area contributed by atoms with Crippen molar-refractivity contribution in [3.05, 3.63) is 0 Å². The van der Waals surface area contributed by atoms with Crippen LogP contribution in [0.15, 0.2) is 0 Å². The molecule has 0 aromatic carbocycles. The van der Waals surface area contributed by atoms with Crippen LogP contribution in [-0.4, -0.2) is 17.1 Å². The van der Waals surface area contributed by atoms with E-state index in [1.165, 1.54) is 0 Å². The topological polar surface area (TPSA) is 63.3 Å². The van der Waals surface area contributed by atoms with E-state index in [0.29, 0.717) is 0 Å². The molecule has 0 heterocycles. The van der Waals surface area contributed by atoms with E-state index in [2.05, 4.69) is 0 Å². The molecule has 0 aromatic heterocycles. The number of carboxylic acid groups (broad SMARTS) is 1. The molecule has 3 heteroatoms. The average Bonchev–Trinajstić information content (AvgIpc) is 2.47. The van der Waals surface area contributed by atoms with Crippen LogP contribution >= 0.6 is 0 Å². The maximum Gasteiger partial charge on any atom is 0.321 e. The van der Waals surface area contributed by atoms with Gasteiger partial charge in [0.2, 0.25) is 0 Å². The molecule has 0 bridgehead atoms. The molecule has 0 aromatic rings. The molecule has 1 aliphatic carbocycles. The maximum absolute atomic E-state index is 10.3. The lowest BCUT2D eigenvalue weighted by molar-refractivity contribution is -0.140. The summed E-state index contributed by atoms with van der Waals surface area (Å²) in [6.45, 7) is 1.91. The van der Waals surface area contributed by atoms with Crippen molar-refractivity contribution in [3.8, 4) is 0 Å². The molecule has 0 spiro atoms. The van der Waals surface area contributed by atoms with E-state index < -0.39 is 12.0 Å². The molecule has 1 unspecified atom stereocenters. The molecular formula is C6H11NO2. The lowest BCUT2D eigenvalue weighted by atomic mass is 10.0. The number of rotatable bonds is 2. The monoisotopic (exact) mass is 129 g/mol. The fraction of sp³-hybridized carbons (Fsp3) is 0.833. The molecular weight excluding hydrogens is 118 g/mol. The van der Waals surface area contributed by atoms with Crippen molar-refractivity contribution in [2.24, 2.45) is 11.1 Å². The first-order chi connectivity index (χ1) is 4.06. The normalized spacial score (nSPS) is 25.1. The van der Waals surface area contributed by atoms with Gasteiger partial charge in [0.25, 0.3) is 0 Å². The van der Waals surface area contributed by atoms with Gasteiger partial charge in [0.05, 0.1) is 0 Å². The van der Waals surface area contributed by atoms with Crippen molar-refractivity contribution in [1.29, 1.82) is 0 Å². The van der Waals surface area contributed by atoms with E-state index in [-0.39, 0.29) is 5.41 Å². The van der Waals surface area contributed by atoms with Crippen molar-refractivity contribution < 1.29 is 9.90 Å². The first-order valence-corrected chi connectivity index (χ1v) is 3.05. The van der Waals surface area contributed by atoms with Crippen LogP contribution in [0.1, 0.15) is 19.8 Å². The second-order valence-corrected chi connectivity index (χ2v) is 2.97. The maximum atomic E-state index is 10.3. The average molecular weight is 129 g/mol. The quantitative estimate of drug-likeness (QED) is 0.559. The van der Waals surface area contributed by atoms with Gasteiger partial charge < -0.3 is 10.8 Å². The first kappa shape index (κ1) is 6.55. The SMILES string of the molecule is CC1(C(N)C(=O)O)CC1. The summed E-state index contributed by atoms with van der Waals surface area (Å²) < 4.78 is 0. The van der Waals surface area contributed by atoms with Crippen LogP contribution < -0.4 is 5.73 Å². The highest BCUT2D eigenvalue weighted by molar-refractivity contribution is 5.74. The Morgan fingerprint density at radius 1 is 1.78 bits per heavy atom. The Morgan fingerprint density at radius 2 is 2.22 bits per heavy atom. The summed E-state index contributed by atoms with van der Waals surface area (Å²) in [7, 11) is 0. The van der Waals surface area contributed by atoms with Crippen LogP contribution in [0.25, 0.3) is 0 Å². The highest BCUT2D eigenvalue weighted by Crippen LogP contribution is 2.47. The van der Waals surface area contributed by atoms with Gasteiger partial charge >= 0.3 is 5.97 Å². The second-order valence-electron chi connectivity index (χ2n) is 2.97. The summed E-state index contributed by atoms with van der Waals surface area (Å²) in [6.07, 6.45) is 1.92. The van der Waals surface area contributed by atoms with Crippen molar-refractivity contribution in [1.82, 2.24) is 0 Å². The van der Waals surface area contributed by atoms with E-state index in [4.69, 9.17) is 10.8 Å². The van der Waals surface area contributed by atoms with Crippen LogP contribution in [-0.2, 0) is 4.79 Å². The summed E-state index contributed by atoms with van der Waals surface area (Å²) >= 11 is 0. The molecule has 9 heavy (non-hydrogen) atoms. The summed E-state index contributed by atoms with van der Waals surface area (Å²) in [5.41, 5.74) is 5.27. The van der Waals surface area contributed by atoms with E-state index in [1.807, 2.05) is 6.92 Å². The minimum absolute atomic E-state index is 0.0914. The zero-order chi connectivity index (χ0) is 7.07. The number of hydrogen-bond acceptors (Lipinski definition) is 2. The number of carboxylic acids is 1. The fourth-order valence-electron chi connectivity index (χ4n) is 0.806. The minimum atomic E-state index is -0.880. The zero-order valence-corrected chi connectivity index (χ0v) is 5.42. The van der Waals surface area contributed by atoms with Crippen LogP contribution in [0, 0.1) is 5.41 Å². The van der Waals surface area contributed by atoms with Gasteiger partial charge in [-0.25, -0.2) is 0 Å². The minimum Gasteiger partial charge on any atom is -0.480 e. The van der Waals surface area contributed by atoms with Gasteiger partial charge in [-0.05, 0) is 18.3 Å². The van der Waals surface area contributed by atoms with Gasteiger partial charge in [-0.2, -0.15) is 0 Å². The smallest absolute Gasteiger partial charge is 0.321 e. The predicted octanol–water partition coefficient (Wildman–Crippen LogP) is 0.198. The van der Waals surface area contributed by atoms with Gasteiger partial charge in [-0.1, -0.05) is 6.92 Å². The zero-order valence-electron chi connectivity index (χ0n) is 5.42. The first-order valence-electron chi connectivity index (χ1n) is 3.05. The summed E-state index contributed by atoms with van der Waals surface area (Å²) in [5.74, 6) is -0.880. The third-order valence-corrected chi connectivity index (χ3v) is 2.06. The highest BCUT2D eigenvalue weighted by atomic mass is 16.4. The van der Waals surface area contributed by atoms with Gasteiger partial charge in [0.15, 0.2) is 0 Å². The molecule has 0 saturated heterocycles. The molecule has 1 fully saturated rings. The second kappa shape index (κ2) is 1.70. The Labute approximate surface area is 53.9 Å². The number of hydrogen-bond donors (Lipinski definition) is 2. The van der Waals surface area contributed by atoms with Gasteiger partial charge in [0, 0.05) is 0 Å². The highest BCUT2D eigenvalue weighted by Gasteiger charge is 2.46. The Morgan fingerprint density at radius 3 is 2.33 bits per heavy atom. The third kappa shape index (κ3) is 1.05. The van der Waals surface area contributed by atoms with Crippen LogP contribution in [0.3, 0.4) is 0 Å². The number of carbonyl (C=O) groups is 1. The molecule has 1 rings (SSSR count). The largest absolute Gasteiger partial charge is 0.480 e. The van der Waals surface area contributed by atoms with Crippen molar-refractivity contribution in [2.75, 3.05) is 0 Å². The molecule has 3 nitrogen and oxygen atoms in total. The van der Waals surface area contributed by atoms with Gasteiger partial charge in [0.1, 0.15) is 6.04 Å². The molecule has 1 saturated carbocycles. The molecule has 0 radical (unpaired) electrons. The summed E-state index contributed by atoms with van der Waals surface area (Å²) in [5, 5.41) is 8.43. The van der Waals surface area contributed by atoms with E-state index in [9.17, 15) is 4.79 Å².